The molecule has 0 aromatic rings. The number of hydrogen-bond donors (Lipinski definition) is 3. The van der Waals surface area contributed by atoms with Crippen LogP contribution in [-0.4, -0.2) is 74.3 Å². The van der Waals surface area contributed by atoms with E-state index < -0.39 is 0 Å². The molecule has 0 bridgehead atoms. The Morgan fingerprint density at radius 2 is 1.82 bits per heavy atom. The molecular formula is C20H40IN5O2. The van der Waals surface area contributed by atoms with Crippen LogP contribution in [0.4, 0.5) is 0 Å². The summed E-state index contributed by atoms with van der Waals surface area (Å²) in [6, 6.07) is 0.377. The second-order valence-electron chi connectivity index (χ2n) is 8.19. The maximum Gasteiger partial charge on any atom is 0.221 e. The lowest BCUT2D eigenvalue weighted by atomic mass is 9.95. The first-order valence-electron chi connectivity index (χ1n) is 10.7. The van der Waals surface area contributed by atoms with Gasteiger partial charge in [-0.15, -0.1) is 24.0 Å². The molecule has 1 heterocycles. The summed E-state index contributed by atoms with van der Waals surface area (Å²) in [5, 5.41) is 9.74. The largest absolute Gasteiger partial charge is 0.379 e. The molecule has 1 aliphatic carbocycles. The predicted octanol–water partition coefficient (Wildman–Crippen LogP) is 2.11. The Bertz CT molecular complexity index is 475. The monoisotopic (exact) mass is 509 g/mol. The van der Waals surface area contributed by atoms with Crippen molar-refractivity contribution in [3.05, 3.63) is 0 Å². The molecular weight excluding hydrogens is 469 g/mol. The van der Waals surface area contributed by atoms with Gasteiger partial charge in [0.2, 0.25) is 5.91 Å². The minimum Gasteiger partial charge on any atom is -0.379 e. The second-order valence-corrected chi connectivity index (χ2v) is 8.19. The van der Waals surface area contributed by atoms with E-state index in [0.29, 0.717) is 25.6 Å². The van der Waals surface area contributed by atoms with Gasteiger partial charge in [-0.3, -0.25) is 14.7 Å². The number of morpholine rings is 1. The van der Waals surface area contributed by atoms with E-state index in [1.165, 1.54) is 19.3 Å². The summed E-state index contributed by atoms with van der Waals surface area (Å²) in [6.07, 6.45) is 6.50. The van der Waals surface area contributed by atoms with Gasteiger partial charge in [-0.2, -0.15) is 0 Å². The van der Waals surface area contributed by atoms with Crippen LogP contribution in [0.1, 0.15) is 59.3 Å². The van der Waals surface area contributed by atoms with Crippen LogP contribution >= 0.6 is 24.0 Å². The summed E-state index contributed by atoms with van der Waals surface area (Å²) in [6.45, 7) is 12.1. The molecule has 1 saturated heterocycles. The van der Waals surface area contributed by atoms with Crippen molar-refractivity contribution in [3.8, 4) is 0 Å². The predicted molar refractivity (Wildman–Crippen MR) is 126 cm³/mol. The van der Waals surface area contributed by atoms with Crippen molar-refractivity contribution < 1.29 is 9.53 Å². The van der Waals surface area contributed by atoms with Crippen LogP contribution < -0.4 is 16.0 Å². The maximum atomic E-state index is 12.1. The first kappa shape index (κ1) is 25.4. The highest BCUT2D eigenvalue weighted by Crippen LogP contribution is 2.17. The van der Waals surface area contributed by atoms with Crippen LogP contribution in [0.25, 0.3) is 0 Å². The third-order valence-corrected chi connectivity index (χ3v) is 5.45. The number of guanidine groups is 1. The summed E-state index contributed by atoms with van der Waals surface area (Å²) in [7, 11) is 0. The van der Waals surface area contributed by atoms with E-state index in [-0.39, 0.29) is 35.4 Å². The molecule has 7 nitrogen and oxygen atoms in total. The Labute approximate surface area is 187 Å². The highest BCUT2D eigenvalue weighted by Gasteiger charge is 2.28. The lowest BCUT2D eigenvalue weighted by Crippen LogP contribution is -2.52. The van der Waals surface area contributed by atoms with E-state index in [1.807, 2.05) is 0 Å². The van der Waals surface area contributed by atoms with E-state index in [1.54, 1.807) is 0 Å². The number of carbonyl (C=O) groups is 1. The van der Waals surface area contributed by atoms with E-state index in [2.05, 4.69) is 41.6 Å². The highest BCUT2D eigenvalue weighted by atomic mass is 127. The first-order valence-corrected chi connectivity index (χ1v) is 10.7. The summed E-state index contributed by atoms with van der Waals surface area (Å²) in [4.78, 5) is 19.3. The lowest BCUT2D eigenvalue weighted by molar-refractivity contribution is -0.121. The minimum atomic E-state index is -0.00944. The van der Waals surface area contributed by atoms with Crippen molar-refractivity contribution in [1.82, 2.24) is 20.9 Å². The van der Waals surface area contributed by atoms with Gasteiger partial charge >= 0.3 is 0 Å². The van der Waals surface area contributed by atoms with Crippen molar-refractivity contribution in [2.45, 2.75) is 70.9 Å². The van der Waals surface area contributed by atoms with Gasteiger partial charge < -0.3 is 20.7 Å². The molecule has 1 aliphatic heterocycles. The van der Waals surface area contributed by atoms with E-state index in [9.17, 15) is 4.79 Å². The standard InChI is InChI=1S/C20H39N5O2.HI/c1-4-21-19(23-16-20(2,3)25-12-14-27-15-13-25)22-11-10-18(26)24-17-8-6-5-7-9-17;/h17H,4-16H2,1-3H3,(H,24,26)(H2,21,22,23);1H. The Kier molecular flexibility index (Phi) is 12.3. The molecule has 3 N–H and O–H groups in total. The van der Waals surface area contributed by atoms with Crippen LogP contribution in [0.15, 0.2) is 4.99 Å². The van der Waals surface area contributed by atoms with Gasteiger partial charge in [-0.1, -0.05) is 19.3 Å². The third kappa shape index (κ3) is 9.26. The van der Waals surface area contributed by atoms with Crippen LogP contribution in [0.2, 0.25) is 0 Å². The summed E-state index contributed by atoms with van der Waals surface area (Å²) in [5.74, 6) is 0.920. The highest BCUT2D eigenvalue weighted by molar-refractivity contribution is 14.0. The zero-order chi connectivity index (χ0) is 19.5. The average molecular weight is 509 g/mol. The molecule has 164 valence electrons. The Morgan fingerprint density at radius 3 is 2.46 bits per heavy atom. The number of hydrogen-bond acceptors (Lipinski definition) is 4. The van der Waals surface area contributed by atoms with Crippen LogP contribution in [0.5, 0.6) is 0 Å². The van der Waals surface area contributed by atoms with Gasteiger partial charge in [0.25, 0.3) is 0 Å². The molecule has 8 heteroatoms. The molecule has 0 unspecified atom stereocenters. The third-order valence-electron chi connectivity index (χ3n) is 5.45. The molecule has 0 aromatic carbocycles. The van der Waals surface area contributed by atoms with Crippen LogP contribution in [0.3, 0.4) is 0 Å². The number of ether oxygens (including phenoxy) is 1. The first-order chi connectivity index (χ1) is 13.0. The molecule has 0 aromatic heterocycles. The van der Waals surface area contributed by atoms with Crippen molar-refractivity contribution in [1.29, 1.82) is 0 Å². The van der Waals surface area contributed by atoms with E-state index in [4.69, 9.17) is 9.73 Å². The number of nitrogens with zero attached hydrogens (tertiary/aromatic N) is 2. The zero-order valence-electron chi connectivity index (χ0n) is 17.9. The number of nitrogens with one attached hydrogen (secondary N) is 3. The smallest absolute Gasteiger partial charge is 0.221 e. The topological polar surface area (TPSA) is 78.0 Å². The summed E-state index contributed by atoms with van der Waals surface area (Å²) < 4.78 is 5.45. The Morgan fingerprint density at radius 1 is 1.14 bits per heavy atom. The number of amides is 1. The quantitative estimate of drug-likeness (QED) is 0.266. The molecule has 0 radical (unpaired) electrons. The number of halogens is 1. The SMILES string of the molecule is CCNC(=NCC(C)(C)N1CCOCC1)NCCC(=O)NC1CCCCC1.I. The average Bonchev–Trinajstić information content (AvgIpc) is 2.67. The lowest BCUT2D eigenvalue weighted by Gasteiger charge is -2.39. The van der Waals surface area contributed by atoms with Gasteiger partial charge in [0.15, 0.2) is 5.96 Å². The summed E-state index contributed by atoms with van der Waals surface area (Å²) in [5.41, 5.74) is -0.00944. The normalized spacial score (nSPS) is 19.6. The molecule has 2 fully saturated rings. The molecule has 2 rings (SSSR count). The van der Waals surface area contributed by atoms with Crippen molar-refractivity contribution in [2.24, 2.45) is 4.99 Å². The van der Waals surface area contributed by atoms with Crippen LogP contribution in [0, 0.1) is 0 Å². The molecule has 2 aliphatic rings. The van der Waals surface area contributed by atoms with E-state index >= 15 is 0 Å². The fourth-order valence-electron chi connectivity index (χ4n) is 3.72. The van der Waals surface area contributed by atoms with Crippen molar-refractivity contribution in [3.63, 3.8) is 0 Å². The molecule has 28 heavy (non-hydrogen) atoms. The van der Waals surface area contributed by atoms with Gasteiger partial charge in [0.05, 0.1) is 19.8 Å². The van der Waals surface area contributed by atoms with Gasteiger partial charge in [0.1, 0.15) is 0 Å². The Hall–Kier alpha value is -0.610. The molecule has 1 amide bonds. The van der Waals surface area contributed by atoms with Crippen LogP contribution in [-0.2, 0) is 9.53 Å². The van der Waals surface area contributed by atoms with Gasteiger partial charge in [0, 0.05) is 44.2 Å². The maximum absolute atomic E-state index is 12.1. The number of carbonyl (C=O) groups excluding carboxylic acids is 1. The fourth-order valence-corrected chi connectivity index (χ4v) is 3.72. The minimum absolute atomic E-state index is 0. The molecule has 0 spiro atoms. The van der Waals surface area contributed by atoms with Gasteiger partial charge in [-0.05, 0) is 33.6 Å². The Balaban J connectivity index is 0.00000392. The van der Waals surface area contributed by atoms with E-state index in [0.717, 1.165) is 51.6 Å². The zero-order valence-corrected chi connectivity index (χ0v) is 20.2. The second kappa shape index (κ2) is 13.6. The fraction of sp³-hybridized carbons (Fsp3) is 0.900. The molecule has 0 atom stereocenters. The number of rotatable bonds is 8. The summed E-state index contributed by atoms with van der Waals surface area (Å²) >= 11 is 0. The molecule has 1 saturated carbocycles. The number of aliphatic imine (C=N–C) groups is 1. The van der Waals surface area contributed by atoms with Gasteiger partial charge in [-0.25, -0.2) is 0 Å². The van der Waals surface area contributed by atoms with Crippen molar-refractivity contribution >= 4 is 35.8 Å². The van der Waals surface area contributed by atoms with Crippen molar-refractivity contribution in [2.75, 3.05) is 45.9 Å².